The second-order valence-corrected chi connectivity index (χ2v) is 5.73. The van der Waals surface area contributed by atoms with E-state index in [9.17, 15) is 9.59 Å². The van der Waals surface area contributed by atoms with Gasteiger partial charge < -0.3 is 14.5 Å². The summed E-state index contributed by atoms with van der Waals surface area (Å²) in [7, 11) is 0. The smallest absolute Gasteiger partial charge is 0.331 e. The second kappa shape index (κ2) is 5.76. The fraction of sp³-hybridized carbons (Fsp3) is 0.500. The van der Waals surface area contributed by atoms with Crippen LogP contribution in [0.4, 0.5) is 5.69 Å². The third kappa shape index (κ3) is 2.86. The molecule has 1 aromatic rings. The minimum Gasteiger partial charge on any atom is -0.423 e. The molecular weight excluding hydrogens is 268 g/mol. The van der Waals surface area contributed by atoms with Crippen LogP contribution >= 0.6 is 0 Å². The molecule has 5 nitrogen and oxygen atoms in total. The molecule has 1 unspecified atom stereocenters. The van der Waals surface area contributed by atoms with Crippen LogP contribution in [-0.4, -0.2) is 42.5 Å². The zero-order chi connectivity index (χ0) is 14.8. The molecule has 2 heterocycles. The number of carbonyl (C=O) groups is 2. The summed E-state index contributed by atoms with van der Waals surface area (Å²) in [4.78, 5) is 27.9. The van der Waals surface area contributed by atoms with E-state index in [0.29, 0.717) is 11.8 Å². The number of likely N-dealkylation sites (tertiary alicyclic amines) is 1. The Morgan fingerprint density at radius 1 is 1.33 bits per heavy atom. The highest BCUT2D eigenvalue weighted by Crippen LogP contribution is 2.31. The van der Waals surface area contributed by atoms with Crippen molar-refractivity contribution in [3.05, 3.63) is 24.3 Å². The fourth-order valence-corrected chi connectivity index (χ4v) is 3.06. The van der Waals surface area contributed by atoms with Crippen LogP contribution in [0.5, 0.6) is 5.75 Å². The van der Waals surface area contributed by atoms with Crippen molar-refractivity contribution >= 4 is 17.6 Å². The standard InChI is InChI=1S/C16H20N2O3/c1-12-6-4-5-9-18(12)15(19)10-17-11-16(20)21-14-8-3-2-7-13(14)17/h2-3,7-8,12H,4-6,9-11H2,1H3. The molecular formula is C16H20N2O3. The molecule has 1 fully saturated rings. The molecule has 1 saturated heterocycles. The number of amides is 1. The number of nitrogens with zero attached hydrogens (tertiary/aromatic N) is 2. The van der Waals surface area contributed by atoms with Crippen molar-refractivity contribution in [1.29, 1.82) is 0 Å². The number of fused-ring (bicyclic) bond motifs is 1. The van der Waals surface area contributed by atoms with Crippen molar-refractivity contribution in [3.63, 3.8) is 0 Å². The topological polar surface area (TPSA) is 49.9 Å². The Hall–Kier alpha value is -2.04. The van der Waals surface area contributed by atoms with E-state index in [1.54, 1.807) is 6.07 Å². The van der Waals surface area contributed by atoms with E-state index in [-0.39, 0.29) is 25.0 Å². The molecule has 21 heavy (non-hydrogen) atoms. The second-order valence-electron chi connectivity index (χ2n) is 5.73. The van der Waals surface area contributed by atoms with E-state index in [2.05, 4.69) is 6.92 Å². The molecule has 2 aliphatic heterocycles. The lowest BCUT2D eigenvalue weighted by Crippen LogP contribution is -2.49. The highest BCUT2D eigenvalue weighted by Gasteiger charge is 2.29. The maximum Gasteiger partial charge on any atom is 0.331 e. The minimum atomic E-state index is -0.312. The van der Waals surface area contributed by atoms with E-state index < -0.39 is 0 Å². The van der Waals surface area contributed by atoms with Gasteiger partial charge in [-0.05, 0) is 38.3 Å². The van der Waals surface area contributed by atoms with Crippen LogP contribution in [0.15, 0.2) is 24.3 Å². The first-order valence-corrected chi connectivity index (χ1v) is 7.49. The molecule has 1 aromatic carbocycles. The van der Waals surface area contributed by atoms with E-state index >= 15 is 0 Å². The summed E-state index contributed by atoms with van der Waals surface area (Å²) >= 11 is 0. The van der Waals surface area contributed by atoms with Gasteiger partial charge in [-0.15, -0.1) is 0 Å². The first-order chi connectivity index (χ1) is 10.1. The van der Waals surface area contributed by atoms with Gasteiger partial charge in [0, 0.05) is 12.6 Å². The number of benzene rings is 1. The molecule has 0 N–H and O–H groups in total. The Morgan fingerprint density at radius 2 is 2.14 bits per heavy atom. The summed E-state index contributed by atoms with van der Waals surface area (Å²) in [6, 6.07) is 7.64. The van der Waals surface area contributed by atoms with E-state index in [4.69, 9.17) is 4.74 Å². The van der Waals surface area contributed by atoms with Crippen LogP contribution in [0.25, 0.3) is 0 Å². The van der Waals surface area contributed by atoms with Gasteiger partial charge >= 0.3 is 5.97 Å². The maximum atomic E-state index is 12.5. The number of hydrogen-bond acceptors (Lipinski definition) is 4. The normalized spacial score (nSPS) is 21.8. The summed E-state index contributed by atoms with van der Waals surface area (Å²) in [6.45, 7) is 3.27. The highest BCUT2D eigenvalue weighted by atomic mass is 16.5. The maximum absolute atomic E-state index is 12.5. The van der Waals surface area contributed by atoms with Crippen LogP contribution < -0.4 is 9.64 Å². The quantitative estimate of drug-likeness (QED) is 0.615. The molecule has 0 bridgehead atoms. The number of rotatable bonds is 2. The number of hydrogen-bond donors (Lipinski definition) is 0. The predicted molar refractivity (Wildman–Crippen MR) is 79.3 cm³/mol. The lowest BCUT2D eigenvalue weighted by atomic mass is 10.0. The number of ether oxygens (including phenoxy) is 1. The Kier molecular flexibility index (Phi) is 3.82. The lowest BCUT2D eigenvalue weighted by molar-refractivity contribution is -0.134. The third-order valence-corrected chi connectivity index (χ3v) is 4.20. The van der Waals surface area contributed by atoms with Crippen molar-refractivity contribution < 1.29 is 14.3 Å². The van der Waals surface area contributed by atoms with Crippen molar-refractivity contribution in [1.82, 2.24) is 4.90 Å². The number of para-hydroxylation sites is 2. The van der Waals surface area contributed by atoms with Crippen LogP contribution in [0.3, 0.4) is 0 Å². The largest absolute Gasteiger partial charge is 0.423 e. The average Bonchev–Trinajstić information content (AvgIpc) is 2.47. The van der Waals surface area contributed by atoms with Crippen LogP contribution in [0.2, 0.25) is 0 Å². The Morgan fingerprint density at radius 3 is 2.95 bits per heavy atom. The Bertz CT molecular complexity index is 558. The monoisotopic (exact) mass is 288 g/mol. The SMILES string of the molecule is CC1CCCCN1C(=O)CN1CC(=O)Oc2ccccc21. The number of anilines is 1. The first-order valence-electron chi connectivity index (χ1n) is 7.49. The minimum absolute atomic E-state index is 0.0895. The average molecular weight is 288 g/mol. The van der Waals surface area contributed by atoms with Gasteiger partial charge in [-0.1, -0.05) is 12.1 Å². The Balaban J connectivity index is 1.75. The molecule has 1 amide bonds. The van der Waals surface area contributed by atoms with Gasteiger partial charge in [0.1, 0.15) is 6.54 Å². The van der Waals surface area contributed by atoms with Crippen molar-refractivity contribution in [3.8, 4) is 5.75 Å². The molecule has 0 spiro atoms. The molecule has 2 aliphatic rings. The predicted octanol–water partition coefficient (Wildman–Crippen LogP) is 1.81. The third-order valence-electron chi connectivity index (χ3n) is 4.20. The van der Waals surface area contributed by atoms with Crippen LogP contribution in [0, 0.1) is 0 Å². The van der Waals surface area contributed by atoms with Gasteiger partial charge in [0.2, 0.25) is 5.91 Å². The molecule has 0 aliphatic carbocycles. The summed E-state index contributed by atoms with van der Waals surface area (Å²) in [6.07, 6.45) is 3.31. The highest BCUT2D eigenvalue weighted by molar-refractivity contribution is 5.89. The van der Waals surface area contributed by atoms with E-state index in [0.717, 1.165) is 25.1 Å². The van der Waals surface area contributed by atoms with E-state index in [1.165, 1.54) is 6.42 Å². The van der Waals surface area contributed by atoms with E-state index in [1.807, 2.05) is 28.0 Å². The van der Waals surface area contributed by atoms with Crippen molar-refractivity contribution in [2.75, 3.05) is 24.5 Å². The van der Waals surface area contributed by atoms with Gasteiger partial charge in [0.05, 0.1) is 12.2 Å². The fourth-order valence-electron chi connectivity index (χ4n) is 3.06. The van der Waals surface area contributed by atoms with Gasteiger partial charge in [0.15, 0.2) is 5.75 Å². The summed E-state index contributed by atoms with van der Waals surface area (Å²) in [5, 5.41) is 0. The zero-order valence-electron chi connectivity index (χ0n) is 12.2. The van der Waals surface area contributed by atoms with Gasteiger partial charge in [0.25, 0.3) is 0 Å². The molecule has 5 heteroatoms. The molecule has 0 radical (unpaired) electrons. The molecule has 1 atom stereocenters. The van der Waals surface area contributed by atoms with Gasteiger partial charge in [-0.25, -0.2) is 4.79 Å². The van der Waals surface area contributed by atoms with Crippen LogP contribution in [-0.2, 0) is 9.59 Å². The Labute approximate surface area is 124 Å². The number of piperidine rings is 1. The van der Waals surface area contributed by atoms with Crippen molar-refractivity contribution in [2.45, 2.75) is 32.2 Å². The first kappa shape index (κ1) is 13.9. The summed E-state index contributed by atoms with van der Waals surface area (Å²) in [5.74, 6) is 0.313. The molecule has 3 rings (SSSR count). The number of esters is 1. The summed E-state index contributed by atoms with van der Waals surface area (Å²) < 4.78 is 5.20. The lowest BCUT2D eigenvalue weighted by Gasteiger charge is -2.36. The molecule has 0 saturated carbocycles. The summed E-state index contributed by atoms with van der Waals surface area (Å²) in [5.41, 5.74) is 0.815. The van der Waals surface area contributed by atoms with Crippen molar-refractivity contribution in [2.24, 2.45) is 0 Å². The molecule has 112 valence electrons. The zero-order valence-corrected chi connectivity index (χ0v) is 12.2. The van der Waals surface area contributed by atoms with Gasteiger partial charge in [-0.2, -0.15) is 0 Å². The molecule has 0 aromatic heterocycles. The van der Waals surface area contributed by atoms with Crippen LogP contribution in [0.1, 0.15) is 26.2 Å². The number of carbonyl (C=O) groups excluding carboxylic acids is 2. The van der Waals surface area contributed by atoms with Gasteiger partial charge in [-0.3, -0.25) is 4.79 Å².